The fraction of sp³-hybridized carbons (Fsp3) is 0.520. The van der Waals surface area contributed by atoms with E-state index >= 15 is 0 Å². The van der Waals surface area contributed by atoms with E-state index in [9.17, 15) is 5.11 Å². The zero-order valence-corrected chi connectivity index (χ0v) is 22.8. The predicted octanol–water partition coefficient (Wildman–Crippen LogP) is 4.18. The van der Waals surface area contributed by atoms with Crippen LogP contribution in [0.5, 0.6) is 0 Å². The number of anilines is 2. The molecule has 0 aromatic carbocycles. The first-order chi connectivity index (χ1) is 17.2. The Labute approximate surface area is 224 Å². The number of hydrogen-bond donors (Lipinski definition) is 2. The van der Waals surface area contributed by atoms with Gasteiger partial charge in [-0.1, -0.05) is 23.4 Å². The Kier molecular flexibility index (Phi) is 6.15. The lowest BCUT2D eigenvalue weighted by atomic mass is 9.73. The molecule has 3 aromatic rings. The molecular weight excluding hydrogens is 514 g/mol. The molecule has 2 aliphatic heterocycles. The highest BCUT2D eigenvalue weighted by Gasteiger charge is 2.47. The number of thiazole rings is 1. The monoisotopic (exact) mass is 543 g/mol. The van der Waals surface area contributed by atoms with Gasteiger partial charge in [0.1, 0.15) is 16.7 Å². The van der Waals surface area contributed by atoms with E-state index in [1.807, 2.05) is 37.8 Å². The summed E-state index contributed by atoms with van der Waals surface area (Å²) in [5.74, 6) is 1.86. The summed E-state index contributed by atoms with van der Waals surface area (Å²) in [7, 11) is 0. The Morgan fingerprint density at radius 1 is 1.14 bits per heavy atom. The predicted molar refractivity (Wildman–Crippen MR) is 144 cm³/mol. The van der Waals surface area contributed by atoms with E-state index in [4.69, 9.17) is 22.3 Å². The van der Waals surface area contributed by atoms with E-state index in [1.54, 1.807) is 17.5 Å². The first kappa shape index (κ1) is 24.4. The average Bonchev–Trinajstić information content (AvgIpc) is 3.37. The van der Waals surface area contributed by atoms with Crippen LogP contribution >= 0.6 is 34.7 Å². The highest BCUT2D eigenvalue weighted by Crippen LogP contribution is 2.51. The van der Waals surface area contributed by atoms with E-state index in [0.717, 1.165) is 72.7 Å². The van der Waals surface area contributed by atoms with Crippen LogP contribution in [0.3, 0.4) is 0 Å². The molecule has 190 valence electrons. The van der Waals surface area contributed by atoms with Crippen LogP contribution in [0.2, 0.25) is 5.02 Å². The molecule has 11 heteroatoms. The number of hydrogen-bond acceptors (Lipinski definition) is 10. The molecule has 3 N–H and O–H groups in total. The van der Waals surface area contributed by atoms with Crippen LogP contribution in [0.25, 0.3) is 0 Å². The largest absolute Gasteiger partial charge is 0.390 e. The van der Waals surface area contributed by atoms with Crippen molar-refractivity contribution < 1.29 is 5.11 Å². The third-order valence-electron chi connectivity index (χ3n) is 8.07. The third kappa shape index (κ3) is 4.26. The number of piperidine rings is 1. The molecule has 1 aliphatic carbocycles. The van der Waals surface area contributed by atoms with Gasteiger partial charge in [-0.3, -0.25) is 0 Å². The average molecular weight is 544 g/mol. The lowest BCUT2D eigenvalue weighted by Gasteiger charge is -2.46. The fourth-order valence-corrected chi connectivity index (χ4v) is 7.56. The molecule has 1 atom stereocenters. The zero-order chi connectivity index (χ0) is 25.1. The summed E-state index contributed by atoms with van der Waals surface area (Å²) in [6, 6.07) is 1.94. The molecule has 0 bridgehead atoms. The van der Waals surface area contributed by atoms with Crippen molar-refractivity contribution >= 4 is 46.3 Å². The van der Waals surface area contributed by atoms with E-state index in [1.165, 1.54) is 16.6 Å². The van der Waals surface area contributed by atoms with E-state index < -0.39 is 5.60 Å². The maximum atomic E-state index is 10.2. The molecule has 2 saturated heterocycles. The number of nitrogens with two attached hydrogens (primary N) is 1. The van der Waals surface area contributed by atoms with Crippen molar-refractivity contribution in [1.82, 2.24) is 19.9 Å². The Balaban J connectivity index is 1.09. The molecule has 8 nitrogen and oxygen atoms in total. The van der Waals surface area contributed by atoms with Gasteiger partial charge >= 0.3 is 0 Å². The molecule has 6 rings (SSSR count). The molecule has 36 heavy (non-hydrogen) atoms. The number of halogens is 1. The summed E-state index contributed by atoms with van der Waals surface area (Å²) >= 11 is 9.94. The minimum Gasteiger partial charge on any atom is -0.390 e. The Bertz CT molecular complexity index is 1250. The molecule has 1 spiro atoms. The van der Waals surface area contributed by atoms with Crippen LogP contribution in [0, 0.1) is 11.3 Å². The summed E-state index contributed by atoms with van der Waals surface area (Å²) in [4.78, 5) is 25.1. The Hall–Kier alpha value is -1.98. The van der Waals surface area contributed by atoms with Crippen molar-refractivity contribution in [3.05, 3.63) is 45.8 Å². The quantitative estimate of drug-likeness (QED) is 0.490. The normalized spacial score (nSPS) is 21.6. The lowest BCUT2D eigenvalue weighted by Crippen LogP contribution is -2.56. The molecule has 3 aromatic heterocycles. The number of nitrogens with zero attached hydrogens (tertiary/aromatic N) is 6. The second-order valence-electron chi connectivity index (χ2n) is 10.7. The standard InChI is InChI=1S/C25H30ClN7OS2/c1-24(2,34)15-12-33(13-15)23-20(26)16(3-6-28-23)36-19-11-29-18(10-30-19)32-7-4-25(5-8-32)9-17-21(22(25)27)31-14-35-17/h3,6,10-11,14-15,22,34H,4-5,7-9,12-13,27H2,1-2H3/t22-/m1/s1. The molecule has 0 amide bonds. The smallest absolute Gasteiger partial charge is 0.148 e. The minimum atomic E-state index is -0.699. The van der Waals surface area contributed by atoms with Crippen molar-refractivity contribution in [2.45, 2.75) is 54.7 Å². The number of fused-ring (bicyclic) bond motifs is 1. The maximum Gasteiger partial charge on any atom is 0.148 e. The van der Waals surface area contributed by atoms with Gasteiger partial charge in [-0.05, 0) is 44.6 Å². The van der Waals surface area contributed by atoms with Crippen LogP contribution in [0.1, 0.15) is 43.3 Å². The van der Waals surface area contributed by atoms with Gasteiger partial charge in [0, 0.05) is 48.1 Å². The second kappa shape index (κ2) is 9.09. The van der Waals surface area contributed by atoms with E-state index in [0.29, 0.717) is 5.02 Å². The highest BCUT2D eigenvalue weighted by atomic mass is 35.5. The van der Waals surface area contributed by atoms with E-state index in [-0.39, 0.29) is 17.4 Å². The van der Waals surface area contributed by atoms with Crippen molar-refractivity contribution in [1.29, 1.82) is 0 Å². The molecule has 0 saturated carbocycles. The summed E-state index contributed by atoms with van der Waals surface area (Å²) < 4.78 is 0. The Morgan fingerprint density at radius 3 is 2.58 bits per heavy atom. The SMILES string of the molecule is CC(C)(O)C1CN(c2nccc(Sc3cnc(N4CCC5(CC4)Cc4scnc4[C@H]5N)cn3)c2Cl)C1. The van der Waals surface area contributed by atoms with Crippen LogP contribution < -0.4 is 15.5 Å². The zero-order valence-electron chi connectivity index (χ0n) is 20.4. The molecule has 2 fully saturated rings. The van der Waals surface area contributed by atoms with Gasteiger partial charge in [-0.15, -0.1) is 11.3 Å². The van der Waals surface area contributed by atoms with Gasteiger partial charge in [0.15, 0.2) is 0 Å². The topological polar surface area (TPSA) is 104 Å². The summed E-state index contributed by atoms with van der Waals surface area (Å²) in [6.45, 7) is 7.02. The van der Waals surface area contributed by atoms with Gasteiger partial charge in [0.25, 0.3) is 0 Å². The summed E-state index contributed by atoms with van der Waals surface area (Å²) in [6.07, 6.45) is 8.57. The number of aromatic nitrogens is 4. The van der Waals surface area contributed by atoms with Crippen LogP contribution in [0.15, 0.2) is 40.1 Å². The maximum absolute atomic E-state index is 10.2. The van der Waals surface area contributed by atoms with Gasteiger partial charge in [-0.2, -0.15) is 0 Å². The Morgan fingerprint density at radius 2 is 1.92 bits per heavy atom. The third-order valence-corrected chi connectivity index (χ3v) is 10.4. The number of pyridine rings is 1. The first-order valence-corrected chi connectivity index (χ1v) is 14.4. The molecular formula is C25H30ClN7OS2. The van der Waals surface area contributed by atoms with Crippen LogP contribution in [-0.4, -0.2) is 56.8 Å². The molecule has 5 heterocycles. The van der Waals surface area contributed by atoms with Crippen molar-refractivity contribution in [3.63, 3.8) is 0 Å². The lowest BCUT2D eigenvalue weighted by molar-refractivity contribution is 0.00438. The van der Waals surface area contributed by atoms with Crippen LogP contribution in [0.4, 0.5) is 11.6 Å². The minimum absolute atomic E-state index is 0.0399. The molecule has 3 aliphatic rings. The fourth-order valence-electron chi connectivity index (χ4n) is 5.51. The van der Waals surface area contributed by atoms with Gasteiger partial charge in [0.05, 0.1) is 40.3 Å². The van der Waals surface area contributed by atoms with Crippen molar-refractivity contribution in [3.8, 4) is 0 Å². The van der Waals surface area contributed by atoms with Gasteiger partial charge in [-0.25, -0.2) is 19.9 Å². The number of rotatable bonds is 5. The van der Waals surface area contributed by atoms with E-state index in [2.05, 4.69) is 24.8 Å². The number of aliphatic hydroxyl groups is 1. The molecule has 0 radical (unpaired) electrons. The highest BCUT2D eigenvalue weighted by molar-refractivity contribution is 7.99. The van der Waals surface area contributed by atoms with Crippen molar-refractivity contribution in [2.24, 2.45) is 17.1 Å². The first-order valence-electron chi connectivity index (χ1n) is 12.3. The molecule has 0 unspecified atom stereocenters. The van der Waals surface area contributed by atoms with Gasteiger partial charge in [0.2, 0.25) is 0 Å². The second-order valence-corrected chi connectivity index (χ2v) is 13.1. The van der Waals surface area contributed by atoms with Crippen molar-refractivity contribution in [2.75, 3.05) is 36.0 Å². The summed E-state index contributed by atoms with van der Waals surface area (Å²) in [5.41, 5.74) is 9.08. The summed E-state index contributed by atoms with van der Waals surface area (Å²) in [5, 5.41) is 11.6. The van der Waals surface area contributed by atoms with Crippen LogP contribution in [-0.2, 0) is 6.42 Å². The van der Waals surface area contributed by atoms with Gasteiger partial charge < -0.3 is 20.6 Å².